The summed E-state index contributed by atoms with van der Waals surface area (Å²) >= 11 is 7.08. The van der Waals surface area contributed by atoms with Gasteiger partial charge in [-0.1, -0.05) is 39.0 Å². The standard InChI is InChI=1S/C25H31N3O3S2/c1-25(2,3)18-9-11-21(12-10-18)31-24(32)28(5)22-7-6-8-23(26-22)30-16-20(29)15-27(4)19-13-14-33-17-19/h6-14,17,20,29H,15-16H2,1-5H3. The van der Waals surface area contributed by atoms with Crippen LogP contribution in [0.4, 0.5) is 11.5 Å². The minimum atomic E-state index is -0.654. The summed E-state index contributed by atoms with van der Waals surface area (Å²) in [5, 5.41) is 14.7. The Morgan fingerprint density at radius 3 is 2.48 bits per heavy atom. The number of aliphatic hydroxyl groups excluding tert-OH is 1. The van der Waals surface area contributed by atoms with E-state index in [-0.39, 0.29) is 17.2 Å². The van der Waals surface area contributed by atoms with Crippen molar-refractivity contribution in [2.45, 2.75) is 32.3 Å². The number of aliphatic hydroxyl groups is 1. The number of thiophene rings is 1. The van der Waals surface area contributed by atoms with Crippen molar-refractivity contribution in [2.24, 2.45) is 0 Å². The molecule has 0 aliphatic rings. The van der Waals surface area contributed by atoms with Gasteiger partial charge in [0, 0.05) is 37.8 Å². The van der Waals surface area contributed by atoms with Crippen LogP contribution in [0, 0.1) is 0 Å². The van der Waals surface area contributed by atoms with Crippen LogP contribution in [-0.2, 0) is 5.41 Å². The molecule has 3 aromatic rings. The van der Waals surface area contributed by atoms with Gasteiger partial charge in [0.1, 0.15) is 24.3 Å². The highest BCUT2D eigenvalue weighted by molar-refractivity contribution is 7.80. The van der Waals surface area contributed by atoms with Crippen LogP contribution in [0.3, 0.4) is 0 Å². The second-order valence-corrected chi connectivity index (χ2v) is 9.99. The summed E-state index contributed by atoms with van der Waals surface area (Å²) in [4.78, 5) is 8.17. The number of pyridine rings is 1. The van der Waals surface area contributed by atoms with Gasteiger partial charge in [0.15, 0.2) is 0 Å². The Balaban J connectivity index is 1.55. The van der Waals surface area contributed by atoms with Crippen molar-refractivity contribution < 1.29 is 14.6 Å². The molecule has 1 atom stereocenters. The average molecular weight is 486 g/mol. The molecule has 0 amide bonds. The van der Waals surface area contributed by atoms with Gasteiger partial charge in [0.2, 0.25) is 5.88 Å². The maximum atomic E-state index is 10.3. The third kappa shape index (κ3) is 7.15. The molecule has 0 aliphatic heterocycles. The first-order valence-corrected chi connectivity index (χ1v) is 12.1. The highest BCUT2D eigenvalue weighted by Gasteiger charge is 2.16. The highest BCUT2D eigenvalue weighted by atomic mass is 32.1. The Kier molecular flexibility index (Phi) is 8.29. The number of hydrogen-bond acceptors (Lipinski definition) is 7. The molecule has 1 aromatic carbocycles. The first-order valence-electron chi connectivity index (χ1n) is 10.7. The average Bonchev–Trinajstić information content (AvgIpc) is 3.32. The van der Waals surface area contributed by atoms with Crippen molar-refractivity contribution in [3.63, 3.8) is 0 Å². The molecule has 2 heterocycles. The molecule has 0 fully saturated rings. The van der Waals surface area contributed by atoms with Gasteiger partial charge in [-0.05, 0) is 52.8 Å². The lowest BCUT2D eigenvalue weighted by molar-refractivity contribution is 0.110. The molecule has 0 radical (unpaired) electrons. The SMILES string of the molecule is CN(CC(O)COc1cccc(N(C)C(=S)Oc2ccc(C(C)(C)C)cc2)n1)c1ccsc1. The number of likely N-dealkylation sites (N-methyl/N-ethyl adjacent to an activating group) is 1. The van der Waals surface area contributed by atoms with E-state index in [0.717, 1.165) is 5.69 Å². The fraction of sp³-hybridized carbons (Fsp3) is 0.360. The summed E-state index contributed by atoms with van der Waals surface area (Å²) in [5.74, 6) is 1.67. The lowest BCUT2D eigenvalue weighted by Gasteiger charge is -2.22. The van der Waals surface area contributed by atoms with Crippen LogP contribution >= 0.6 is 23.6 Å². The normalized spacial score (nSPS) is 12.2. The lowest BCUT2D eigenvalue weighted by Crippen LogP contribution is -2.33. The molecule has 6 nitrogen and oxygen atoms in total. The van der Waals surface area contributed by atoms with Crippen molar-refractivity contribution >= 4 is 40.2 Å². The van der Waals surface area contributed by atoms with E-state index in [2.05, 4.69) is 25.8 Å². The Labute approximate surface area is 205 Å². The Bertz CT molecular complexity index is 1030. The van der Waals surface area contributed by atoms with E-state index in [9.17, 15) is 5.11 Å². The number of benzene rings is 1. The van der Waals surface area contributed by atoms with Gasteiger partial charge in [-0.3, -0.25) is 4.90 Å². The fourth-order valence-corrected chi connectivity index (χ4v) is 3.97. The predicted octanol–water partition coefficient (Wildman–Crippen LogP) is 5.12. The van der Waals surface area contributed by atoms with Crippen LogP contribution in [0.2, 0.25) is 0 Å². The molecule has 0 aliphatic carbocycles. The van der Waals surface area contributed by atoms with Crippen molar-refractivity contribution in [1.82, 2.24) is 4.98 Å². The van der Waals surface area contributed by atoms with Gasteiger partial charge >= 0.3 is 0 Å². The van der Waals surface area contributed by atoms with Gasteiger partial charge < -0.3 is 19.5 Å². The zero-order valence-corrected chi connectivity index (χ0v) is 21.3. The summed E-state index contributed by atoms with van der Waals surface area (Å²) in [5.41, 5.74) is 2.37. The van der Waals surface area contributed by atoms with Crippen molar-refractivity contribution in [3.8, 4) is 11.6 Å². The summed E-state index contributed by atoms with van der Waals surface area (Å²) in [6.45, 7) is 7.10. The molecular formula is C25H31N3O3S2. The number of ether oxygens (including phenoxy) is 2. The van der Waals surface area contributed by atoms with Gasteiger partial charge in [0.05, 0.1) is 0 Å². The van der Waals surface area contributed by atoms with Gasteiger partial charge in [-0.25, -0.2) is 0 Å². The monoisotopic (exact) mass is 485 g/mol. The number of rotatable bonds is 8. The molecule has 3 rings (SSSR count). The number of anilines is 2. The number of nitrogens with zero attached hydrogens (tertiary/aromatic N) is 3. The van der Waals surface area contributed by atoms with E-state index in [4.69, 9.17) is 21.7 Å². The van der Waals surface area contributed by atoms with Crippen LogP contribution in [0.5, 0.6) is 11.6 Å². The zero-order chi connectivity index (χ0) is 24.0. The number of aromatic nitrogens is 1. The second-order valence-electron chi connectivity index (χ2n) is 8.86. The molecule has 0 bridgehead atoms. The minimum absolute atomic E-state index is 0.0765. The molecule has 8 heteroatoms. The first-order chi connectivity index (χ1) is 15.6. The molecule has 33 heavy (non-hydrogen) atoms. The molecule has 2 aromatic heterocycles. The van der Waals surface area contributed by atoms with Crippen LogP contribution in [0.25, 0.3) is 0 Å². The summed E-state index contributed by atoms with van der Waals surface area (Å²) in [7, 11) is 3.74. The largest absolute Gasteiger partial charge is 0.475 e. The van der Waals surface area contributed by atoms with Gasteiger partial charge in [-0.15, -0.1) is 0 Å². The summed E-state index contributed by atoms with van der Waals surface area (Å²) in [6.07, 6.45) is -0.654. The molecule has 0 saturated carbocycles. The quantitative estimate of drug-likeness (QED) is 0.445. The van der Waals surface area contributed by atoms with E-state index in [1.54, 1.807) is 29.4 Å². The van der Waals surface area contributed by atoms with Crippen LogP contribution < -0.4 is 19.3 Å². The molecular weight excluding hydrogens is 454 g/mol. The maximum Gasteiger partial charge on any atom is 0.270 e. The van der Waals surface area contributed by atoms with Crippen LogP contribution in [0.15, 0.2) is 59.3 Å². The second kappa shape index (κ2) is 11.0. The summed E-state index contributed by atoms with van der Waals surface area (Å²) in [6, 6.07) is 15.4. The van der Waals surface area contributed by atoms with Gasteiger partial charge in [-0.2, -0.15) is 16.3 Å². The molecule has 1 N–H and O–H groups in total. The van der Waals surface area contributed by atoms with E-state index >= 15 is 0 Å². The van der Waals surface area contributed by atoms with Crippen molar-refractivity contribution in [2.75, 3.05) is 37.0 Å². The summed E-state index contributed by atoms with van der Waals surface area (Å²) < 4.78 is 11.6. The van der Waals surface area contributed by atoms with Crippen molar-refractivity contribution in [1.29, 1.82) is 0 Å². The third-order valence-electron chi connectivity index (χ3n) is 5.11. The highest BCUT2D eigenvalue weighted by Crippen LogP contribution is 2.25. The molecule has 0 saturated heterocycles. The smallest absolute Gasteiger partial charge is 0.270 e. The molecule has 0 spiro atoms. The van der Waals surface area contributed by atoms with E-state index < -0.39 is 6.10 Å². The Hall–Kier alpha value is -2.68. The first kappa shape index (κ1) is 25.0. The Morgan fingerprint density at radius 1 is 1.12 bits per heavy atom. The molecule has 176 valence electrons. The van der Waals surface area contributed by atoms with Gasteiger partial charge in [0.25, 0.3) is 5.17 Å². The topological polar surface area (TPSA) is 58.1 Å². The van der Waals surface area contributed by atoms with E-state index in [1.165, 1.54) is 5.56 Å². The maximum absolute atomic E-state index is 10.3. The van der Waals surface area contributed by atoms with Crippen molar-refractivity contribution in [3.05, 3.63) is 64.9 Å². The fourth-order valence-electron chi connectivity index (χ4n) is 3.09. The van der Waals surface area contributed by atoms with Crippen LogP contribution in [0.1, 0.15) is 26.3 Å². The zero-order valence-electron chi connectivity index (χ0n) is 19.7. The number of hydrogen-bond donors (Lipinski definition) is 1. The van der Waals surface area contributed by atoms with Crippen LogP contribution in [-0.4, -0.2) is 48.6 Å². The van der Waals surface area contributed by atoms with E-state index in [0.29, 0.717) is 24.0 Å². The third-order valence-corrected chi connectivity index (χ3v) is 6.13. The van der Waals surface area contributed by atoms with E-state index in [1.807, 2.05) is 65.2 Å². The number of thiocarbonyl (C=S) groups is 1. The lowest BCUT2D eigenvalue weighted by atomic mass is 9.87. The Morgan fingerprint density at radius 2 is 1.85 bits per heavy atom. The predicted molar refractivity (Wildman–Crippen MR) is 140 cm³/mol. The molecule has 1 unspecified atom stereocenters. The minimum Gasteiger partial charge on any atom is -0.475 e.